The summed E-state index contributed by atoms with van der Waals surface area (Å²) in [6, 6.07) is 3.88. The number of carbonyl (C=O) groups excluding carboxylic acids is 2. The molecule has 160 valence electrons. The number of nitrogens with one attached hydrogen (secondary N) is 1. The molecular formula is C21H26ClN5O3. The second-order valence-corrected chi connectivity index (χ2v) is 8.04. The number of fused-ring (bicyclic) bond motifs is 2. The molecule has 0 radical (unpaired) electrons. The summed E-state index contributed by atoms with van der Waals surface area (Å²) in [5.74, 6) is 1.51. The highest BCUT2D eigenvalue weighted by Gasteiger charge is 2.48. The molecular weight excluding hydrogens is 406 g/mol. The summed E-state index contributed by atoms with van der Waals surface area (Å²) in [4.78, 5) is 38.4. The van der Waals surface area contributed by atoms with Crippen LogP contribution in [0.2, 0.25) is 0 Å². The summed E-state index contributed by atoms with van der Waals surface area (Å²) in [6.45, 7) is 4.29. The lowest BCUT2D eigenvalue weighted by atomic mass is 9.94. The monoisotopic (exact) mass is 431 g/mol. The summed E-state index contributed by atoms with van der Waals surface area (Å²) in [7, 11) is 0. The first-order valence-electron chi connectivity index (χ1n) is 10.4. The van der Waals surface area contributed by atoms with Crippen LogP contribution in [-0.4, -0.2) is 63.3 Å². The predicted octanol–water partition coefficient (Wildman–Crippen LogP) is 1.64. The van der Waals surface area contributed by atoms with Gasteiger partial charge in [-0.1, -0.05) is 6.92 Å². The highest BCUT2D eigenvalue weighted by Crippen LogP contribution is 2.35. The molecule has 30 heavy (non-hydrogen) atoms. The summed E-state index contributed by atoms with van der Waals surface area (Å²) in [6.07, 6.45) is 5.63. The number of halogens is 1. The first-order valence-corrected chi connectivity index (χ1v) is 10.4. The fourth-order valence-electron chi connectivity index (χ4n) is 5.02. The standard InChI is InChI=1S/C21H25N5O3.ClH/c1-2-17-15(8-14-10-23-11-19(27)26(14)17)21(28)25-7-5-18-16(12-25)24-20(29-18)13-4-3-6-22-9-13;/h3-4,6,9,14-15,17,23H,2,5,7-8,10-12H2,1H3;1H/t14-,15-,17-;/m1./s1. The number of amides is 2. The fraction of sp³-hybridized carbons (Fsp3) is 0.524. The van der Waals surface area contributed by atoms with Crippen molar-refractivity contribution in [1.82, 2.24) is 25.1 Å². The lowest BCUT2D eigenvalue weighted by Gasteiger charge is -2.35. The molecule has 5 heterocycles. The first-order chi connectivity index (χ1) is 14.2. The second-order valence-electron chi connectivity index (χ2n) is 8.04. The van der Waals surface area contributed by atoms with Crippen LogP contribution in [0.3, 0.4) is 0 Å². The van der Waals surface area contributed by atoms with Crippen molar-refractivity contribution in [2.75, 3.05) is 19.6 Å². The van der Waals surface area contributed by atoms with Gasteiger partial charge < -0.3 is 19.5 Å². The van der Waals surface area contributed by atoms with E-state index in [-0.39, 0.29) is 42.2 Å². The fourth-order valence-corrected chi connectivity index (χ4v) is 5.02. The molecule has 1 N–H and O–H groups in total. The van der Waals surface area contributed by atoms with Gasteiger partial charge in [-0.2, -0.15) is 0 Å². The van der Waals surface area contributed by atoms with Crippen molar-refractivity contribution in [3.05, 3.63) is 36.0 Å². The van der Waals surface area contributed by atoms with E-state index in [1.54, 1.807) is 12.4 Å². The van der Waals surface area contributed by atoms with Gasteiger partial charge >= 0.3 is 0 Å². The van der Waals surface area contributed by atoms with Gasteiger partial charge in [-0.15, -0.1) is 12.4 Å². The van der Waals surface area contributed by atoms with Crippen molar-refractivity contribution in [2.45, 2.75) is 44.8 Å². The number of hydrogen-bond donors (Lipinski definition) is 1. The lowest BCUT2D eigenvalue weighted by Crippen LogP contribution is -2.55. The quantitative estimate of drug-likeness (QED) is 0.794. The number of hydrogen-bond acceptors (Lipinski definition) is 6. The molecule has 3 atom stereocenters. The van der Waals surface area contributed by atoms with E-state index in [2.05, 4.69) is 22.2 Å². The van der Waals surface area contributed by atoms with Gasteiger partial charge in [-0.05, 0) is 25.0 Å². The average Bonchev–Trinajstić information content (AvgIpc) is 3.35. The van der Waals surface area contributed by atoms with E-state index in [9.17, 15) is 9.59 Å². The van der Waals surface area contributed by atoms with Crippen LogP contribution in [0.25, 0.3) is 11.5 Å². The zero-order valence-corrected chi connectivity index (χ0v) is 17.7. The van der Waals surface area contributed by atoms with Crippen LogP contribution in [-0.2, 0) is 22.6 Å². The highest BCUT2D eigenvalue weighted by atomic mass is 35.5. The number of piperazine rings is 1. The smallest absolute Gasteiger partial charge is 0.237 e. The number of rotatable bonds is 3. The summed E-state index contributed by atoms with van der Waals surface area (Å²) in [5, 5.41) is 3.18. The molecule has 2 amide bonds. The maximum absolute atomic E-state index is 13.4. The molecule has 2 aromatic rings. The van der Waals surface area contributed by atoms with Crippen molar-refractivity contribution in [3.63, 3.8) is 0 Å². The lowest BCUT2D eigenvalue weighted by molar-refractivity contribution is -0.139. The highest BCUT2D eigenvalue weighted by molar-refractivity contribution is 5.85. The molecule has 0 aromatic carbocycles. The zero-order valence-electron chi connectivity index (χ0n) is 16.9. The van der Waals surface area contributed by atoms with Crippen molar-refractivity contribution >= 4 is 24.2 Å². The Morgan fingerprint density at radius 3 is 3.03 bits per heavy atom. The predicted molar refractivity (Wildman–Crippen MR) is 112 cm³/mol. The van der Waals surface area contributed by atoms with Gasteiger partial charge in [-0.3, -0.25) is 14.6 Å². The Balaban J connectivity index is 0.00000218. The maximum atomic E-state index is 13.4. The molecule has 0 saturated carbocycles. The Bertz CT molecular complexity index is 934. The molecule has 9 heteroatoms. The second kappa shape index (κ2) is 8.35. The van der Waals surface area contributed by atoms with Crippen molar-refractivity contribution < 1.29 is 14.0 Å². The SMILES string of the molecule is CC[C@@H]1[C@H](C(=O)N2CCc3oc(-c4cccnc4)nc3C2)C[C@@H]2CNCC(=O)N21.Cl. The molecule has 0 aliphatic carbocycles. The molecule has 0 unspecified atom stereocenters. The molecule has 2 aromatic heterocycles. The van der Waals surface area contributed by atoms with Crippen molar-refractivity contribution in [3.8, 4) is 11.5 Å². The molecule has 8 nitrogen and oxygen atoms in total. The third-order valence-corrected chi connectivity index (χ3v) is 6.37. The minimum Gasteiger partial charge on any atom is -0.441 e. The van der Waals surface area contributed by atoms with Crippen LogP contribution in [0.4, 0.5) is 0 Å². The van der Waals surface area contributed by atoms with Crippen LogP contribution < -0.4 is 5.32 Å². The average molecular weight is 432 g/mol. The van der Waals surface area contributed by atoms with E-state index >= 15 is 0 Å². The van der Waals surface area contributed by atoms with Gasteiger partial charge in [0.05, 0.1) is 24.6 Å². The van der Waals surface area contributed by atoms with Crippen LogP contribution in [0.15, 0.2) is 28.9 Å². The van der Waals surface area contributed by atoms with Crippen LogP contribution in [0.5, 0.6) is 0 Å². The summed E-state index contributed by atoms with van der Waals surface area (Å²) in [5.41, 5.74) is 1.66. The number of nitrogens with zero attached hydrogens (tertiary/aromatic N) is 4. The van der Waals surface area contributed by atoms with E-state index in [0.29, 0.717) is 31.9 Å². The Morgan fingerprint density at radius 2 is 2.27 bits per heavy atom. The largest absolute Gasteiger partial charge is 0.441 e. The number of oxazole rings is 1. The first kappa shape index (κ1) is 20.8. The number of pyridine rings is 1. The van der Waals surface area contributed by atoms with Gasteiger partial charge in [-0.25, -0.2) is 4.98 Å². The number of carbonyl (C=O) groups is 2. The van der Waals surface area contributed by atoms with E-state index in [1.165, 1.54) is 0 Å². The van der Waals surface area contributed by atoms with E-state index in [4.69, 9.17) is 4.42 Å². The summed E-state index contributed by atoms with van der Waals surface area (Å²) >= 11 is 0. The van der Waals surface area contributed by atoms with E-state index in [0.717, 1.165) is 36.4 Å². The molecule has 2 fully saturated rings. The minimum atomic E-state index is -0.139. The maximum Gasteiger partial charge on any atom is 0.237 e. The van der Waals surface area contributed by atoms with Crippen LogP contribution >= 0.6 is 12.4 Å². The van der Waals surface area contributed by atoms with Gasteiger partial charge in [0.25, 0.3) is 0 Å². The van der Waals surface area contributed by atoms with E-state index in [1.807, 2.05) is 21.9 Å². The van der Waals surface area contributed by atoms with Gasteiger partial charge in [0.15, 0.2) is 0 Å². The summed E-state index contributed by atoms with van der Waals surface area (Å²) < 4.78 is 5.93. The molecule has 2 saturated heterocycles. The van der Waals surface area contributed by atoms with Gasteiger partial charge in [0.1, 0.15) is 11.5 Å². The van der Waals surface area contributed by atoms with Crippen molar-refractivity contribution in [2.24, 2.45) is 5.92 Å². The molecule has 0 bridgehead atoms. The van der Waals surface area contributed by atoms with Crippen molar-refractivity contribution in [1.29, 1.82) is 0 Å². The Kier molecular flexibility index (Phi) is 5.79. The topological polar surface area (TPSA) is 91.6 Å². The Labute approximate surface area is 181 Å². The van der Waals surface area contributed by atoms with Gasteiger partial charge in [0.2, 0.25) is 17.7 Å². The molecule has 5 rings (SSSR count). The third-order valence-electron chi connectivity index (χ3n) is 6.37. The van der Waals surface area contributed by atoms with E-state index < -0.39 is 0 Å². The molecule has 0 spiro atoms. The van der Waals surface area contributed by atoms with Crippen LogP contribution in [0, 0.1) is 5.92 Å². The zero-order chi connectivity index (χ0) is 20.0. The Hall–Kier alpha value is -2.45. The molecule has 3 aliphatic heterocycles. The van der Waals surface area contributed by atoms with Crippen LogP contribution in [0.1, 0.15) is 31.2 Å². The normalized spacial score (nSPS) is 25.5. The molecule has 3 aliphatic rings. The third kappa shape index (κ3) is 3.48. The Morgan fingerprint density at radius 1 is 1.40 bits per heavy atom. The minimum absolute atomic E-state index is 0. The van der Waals surface area contributed by atoms with Gasteiger partial charge in [0, 0.05) is 44.0 Å². The number of aromatic nitrogens is 2.